The van der Waals surface area contributed by atoms with Gasteiger partial charge in [-0.3, -0.25) is 9.05 Å². The molecule has 2 aliphatic rings. The summed E-state index contributed by atoms with van der Waals surface area (Å²) >= 11 is 0. The first-order valence-electron chi connectivity index (χ1n) is 21.6. The summed E-state index contributed by atoms with van der Waals surface area (Å²) in [6.07, 6.45) is 7.73. The van der Waals surface area contributed by atoms with E-state index in [1.807, 2.05) is 6.07 Å². The summed E-state index contributed by atoms with van der Waals surface area (Å²) in [5, 5.41) is 24.1. The molecule has 2 saturated heterocycles. The van der Waals surface area contributed by atoms with E-state index < -0.39 is 68.6 Å². The van der Waals surface area contributed by atoms with Gasteiger partial charge >= 0.3 is 14.0 Å². The number of ether oxygens (including phenoxy) is 4. The van der Waals surface area contributed by atoms with Crippen molar-refractivity contribution in [2.45, 2.75) is 172 Å². The number of halogens is 4. The van der Waals surface area contributed by atoms with Crippen LogP contribution in [-0.4, -0.2) is 68.6 Å². The van der Waals surface area contributed by atoms with Crippen LogP contribution in [0.1, 0.15) is 146 Å². The van der Waals surface area contributed by atoms with Crippen LogP contribution < -0.4 is 5.73 Å². The fraction of sp³-hybridized carbons (Fsp3) is 0.674. The SMILES string of the molecule is CC1(C)O[C@H]2[C@H](c3ccc4c(N)ncnn34)O[C@](C#N)(COP(=O)(O)OC[C@@H](CCCCCCCCCCCCCCCCCC(F)(F)F)OCc3cc(F)cc(C#N)c3)[C@H]2O1. The van der Waals surface area contributed by atoms with Crippen molar-refractivity contribution >= 4 is 19.2 Å². The number of rotatable bonds is 27. The maximum absolute atomic E-state index is 14.2. The molecule has 0 aliphatic carbocycles. The molecule has 3 aromatic rings. The highest BCUT2D eigenvalue weighted by Gasteiger charge is 2.65. The molecule has 2 aromatic heterocycles. The fourth-order valence-electron chi connectivity index (χ4n) is 8.00. The van der Waals surface area contributed by atoms with Crippen molar-refractivity contribution in [1.82, 2.24) is 14.6 Å². The molecule has 62 heavy (non-hydrogen) atoms. The van der Waals surface area contributed by atoms with E-state index in [1.165, 1.54) is 23.0 Å². The van der Waals surface area contributed by atoms with Crippen LogP contribution in [0.4, 0.5) is 23.4 Å². The minimum Gasteiger partial charge on any atom is -0.382 e. The predicted molar refractivity (Wildman–Crippen MR) is 219 cm³/mol. The molecule has 14 nitrogen and oxygen atoms in total. The number of aromatic nitrogens is 3. The van der Waals surface area contributed by atoms with Gasteiger partial charge in [-0.2, -0.15) is 28.8 Å². The Balaban J connectivity index is 1.08. The number of benzene rings is 1. The molecule has 1 aromatic carbocycles. The predicted octanol–water partition coefficient (Wildman–Crippen LogP) is 10.1. The highest BCUT2D eigenvalue weighted by atomic mass is 31.2. The Bertz CT molecular complexity index is 2030. The molecule has 6 atom stereocenters. The first-order valence-corrected chi connectivity index (χ1v) is 23.1. The van der Waals surface area contributed by atoms with Crippen molar-refractivity contribution < 1.29 is 55.0 Å². The first-order chi connectivity index (χ1) is 29.5. The summed E-state index contributed by atoms with van der Waals surface area (Å²) in [7, 11) is -4.83. The number of phosphoric ester groups is 1. The van der Waals surface area contributed by atoms with Gasteiger partial charge in [0.2, 0.25) is 5.60 Å². The lowest BCUT2D eigenvalue weighted by Crippen LogP contribution is -2.45. The molecule has 2 fully saturated rings. The van der Waals surface area contributed by atoms with Crippen LogP contribution in [0.15, 0.2) is 36.7 Å². The van der Waals surface area contributed by atoms with Gasteiger partial charge in [-0.15, -0.1) is 0 Å². The zero-order valence-electron chi connectivity index (χ0n) is 35.5. The van der Waals surface area contributed by atoms with Crippen molar-refractivity contribution in [1.29, 1.82) is 10.5 Å². The lowest BCUT2D eigenvalue weighted by molar-refractivity contribution is -0.204. The van der Waals surface area contributed by atoms with Crippen LogP contribution in [0.5, 0.6) is 0 Å². The van der Waals surface area contributed by atoms with Crippen molar-refractivity contribution in [2.24, 2.45) is 0 Å². The monoisotopic (exact) mass is 894 g/mol. The summed E-state index contributed by atoms with van der Waals surface area (Å²) in [4.78, 5) is 14.9. The summed E-state index contributed by atoms with van der Waals surface area (Å²) in [5.74, 6) is -1.49. The fourth-order valence-corrected chi connectivity index (χ4v) is 8.79. The quantitative estimate of drug-likeness (QED) is 0.0417. The highest BCUT2D eigenvalue weighted by Crippen LogP contribution is 2.52. The number of unbranched alkanes of at least 4 members (excludes halogenated alkanes) is 14. The van der Waals surface area contributed by atoms with Gasteiger partial charge in [0, 0.05) is 6.42 Å². The molecule has 4 heterocycles. The second kappa shape index (κ2) is 22.8. The Morgan fingerprint density at radius 1 is 0.919 bits per heavy atom. The van der Waals surface area contributed by atoms with Crippen LogP contribution in [0.3, 0.4) is 0 Å². The summed E-state index contributed by atoms with van der Waals surface area (Å²) in [6.45, 7) is 2.22. The van der Waals surface area contributed by atoms with Crippen LogP contribution in [0, 0.1) is 28.5 Å². The van der Waals surface area contributed by atoms with E-state index in [0.717, 1.165) is 89.5 Å². The standard InChI is InChI=1S/C43H59F4N6O8P/c1-41(2)59-38-37(35-19-20-36-40(50)51-30-52-53(35)36)60-42(28-49,39(38)61-41)29-58-62(54,55)57-27-34(56-26-32-22-31(25-48)23-33(44)24-32)18-16-14-12-10-8-6-4-3-5-7-9-11-13-15-17-21-43(45,46)47/h19-20,22-24,30,34,37-39H,3-18,21,26-27,29H2,1-2H3,(H,54,55)(H2,50,51,52)/t34-,37+,38+,39+,42-/m1/s1. The molecule has 0 bridgehead atoms. The maximum Gasteiger partial charge on any atom is 0.472 e. The highest BCUT2D eigenvalue weighted by molar-refractivity contribution is 7.47. The van der Waals surface area contributed by atoms with Gasteiger partial charge in [-0.1, -0.05) is 89.9 Å². The van der Waals surface area contributed by atoms with Gasteiger partial charge in [0.15, 0.2) is 11.6 Å². The van der Waals surface area contributed by atoms with E-state index in [4.69, 9.17) is 33.7 Å². The van der Waals surface area contributed by atoms with E-state index in [2.05, 4.69) is 16.2 Å². The van der Waals surface area contributed by atoms with E-state index >= 15 is 0 Å². The Morgan fingerprint density at radius 2 is 1.55 bits per heavy atom. The molecule has 0 spiro atoms. The molecular weight excluding hydrogens is 835 g/mol. The average Bonchev–Trinajstić information content (AvgIpc) is 3.88. The van der Waals surface area contributed by atoms with Crippen molar-refractivity contribution in [3.63, 3.8) is 0 Å². The van der Waals surface area contributed by atoms with Gasteiger partial charge in [0.25, 0.3) is 0 Å². The number of fused-ring (bicyclic) bond motifs is 2. The third-order valence-corrected chi connectivity index (χ3v) is 12.1. The lowest BCUT2D eigenvalue weighted by Gasteiger charge is -2.29. The third kappa shape index (κ3) is 14.7. The van der Waals surface area contributed by atoms with Gasteiger partial charge in [0.05, 0.1) is 36.6 Å². The van der Waals surface area contributed by atoms with Gasteiger partial charge in [-0.25, -0.2) is 18.5 Å². The zero-order valence-corrected chi connectivity index (χ0v) is 36.4. The van der Waals surface area contributed by atoms with Gasteiger partial charge in [-0.05, 0) is 62.6 Å². The summed E-state index contributed by atoms with van der Waals surface area (Å²) in [6, 6.07) is 11.3. The normalized spacial score (nSPS) is 22.3. The molecule has 2 aliphatic heterocycles. The van der Waals surface area contributed by atoms with E-state index in [1.54, 1.807) is 26.0 Å². The molecule has 19 heteroatoms. The average molecular weight is 895 g/mol. The van der Waals surface area contributed by atoms with Crippen LogP contribution in [0.2, 0.25) is 0 Å². The molecule has 5 rings (SSSR count). The smallest absolute Gasteiger partial charge is 0.382 e. The molecular formula is C43H59F4N6O8P. The molecule has 0 radical (unpaired) electrons. The summed E-state index contributed by atoms with van der Waals surface area (Å²) in [5.41, 5.74) is 5.69. The van der Waals surface area contributed by atoms with Crippen molar-refractivity contribution in [3.05, 3.63) is 59.3 Å². The van der Waals surface area contributed by atoms with Crippen LogP contribution >= 0.6 is 7.82 Å². The number of phosphoric acid groups is 1. The van der Waals surface area contributed by atoms with Crippen molar-refractivity contribution in [2.75, 3.05) is 18.9 Å². The molecule has 342 valence electrons. The largest absolute Gasteiger partial charge is 0.472 e. The first kappa shape index (κ1) is 49.3. The molecule has 0 saturated carbocycles. The summed E-state index contributed by atoms with van der Waals surface area (Å²) < 4.78 is 101. The molecule has 3 N–H and O–H groups in total. The topological polar surface area (TPSA) is 196 Å². The Kier molecular flexibility index (Phi) is 18.1. The second-order valence-electron chi connectivity index (χ2n) is 16.6. The number of alkyl halides is 3. The minimum absolute atomic E-state index is 0.0764. The second-order valence-corrected chi connectivity index (χ2v) is 18.1. The number of nitrogens with two attached hydrogens (primary N) is 1. The minimum atomic E-state index is -4.83. The van der Waals surface area contributed by atoms with Crippen molar-refractivity contribution in [3.8, 4) is 12.1 Å². The number of hydrogen-bond acceptors (Lipinski definition) is 12. The zero-order chi connectivity index (χ0) is 44.8. The maximum atomic E-state index is 14.2. The van der Waals surface area contributed by atoms with E-state index in [-0.39, 0.29) is 31.0 Å². The van der Waals surface area contributed by atoms with E-state index in [9.17, 15) is 37.5 Å². The third-order valence-electron chi connectivity index (χ3n) is 11.1. The van der Waals surface area contributed by atoms with Gasteiger partial charge < -0.3 is 29.6 Å². The molecule has 1 unspecified atom stereocenters. The Labute approximate surface area is 360 Å². The number of nitriles is 2. The lowest BCUT2D eigenvalue weighted by atomic mass is 9.96. The number of nitrogens with zero attached hydrogens (tertiary/aromatic N) is 5. The number of hydrogen-bond donors (Lipinski definition) is 2. The van der Waals surface area contributed by atoms with E-state index in [0.29, 0.717) is 29.6 Å². The Hall–Kier alpha value is -3.71. The van der Waals surface area contributed by atoms with Gasteiger partial charge in [0.1, 0.15) is 48.6 Å². The van der Waals surface area contributed by atoms with Crippen LogP contribution in [-0.2, 0) is 39.2 Å². The number of anilines is 1. The molecule has 0 amide bonds. The number of nitrogen functional groups attached to an aromatic ring is 1. The van der Waals surface area contributed by atoms with Crippen LogP contribution in [0.25, 0.3) is 5.52 Å². The Morgan fingerprint density at radius 3 is 2.16 bits per heavy atom.